The quantitative estimate of drug-likeness (QED) is 0.792. The van der Waals surface area contributed by atoms with Crippen LogP contribution in [0.25, 0.3) is 10.8 Å². The van der Waals surface area contributed by atoms with Crippen molar-refractivity contribution in [2.75, 3.05) is 11.9 Å². The molecule has 2 aromatic carbocycles. The van der Waals surface area contributed by atoms with Crippen molar-refractivity contribution in [3.05, 3.63) is 42.5 Å². The molecule has 0 unspecified atom stereocenters. The molecule has 1 fully saturated rings. The van der Waals surface area contributed by atoms with Crippen LogP contribution >= 0.6 is 0 Å². The molecule has 1 amide bonds. The Balaban J connectivity index is 1.88. The van der Waals surface area contributed by atoms with Crippen LogP contribution in [0.1, 0.15) is 25.7 Å². The third-order valence-corrected chi connectivity index (χ3v) is 4.16. The van der Waals surface area contributed by atoms with Crippen molar-refractivity contribution in [3.63, 3.8) is 0 Å². The van der Waals surface area contributed by atoms with Gasteiger partial charge in [-0.3, -0.25) is 4.79 Å². The lowest BCUT2D eigenvalue weighted by atomic mass is 10.1. The Labute approximate surface area is 114 Å². The highest BCUT2D eigenvalue weighted by molar-refractivity contribution is 5.97. The van der Waals surface area contributed by atoms with Gasteiger partial charge < -0.3 is 4.90 Å². The van der Waals surface area contributed by atoms with E-state index in [1.54, 1.807) is 0 Å². The zero-order valence-electron chi connectivity index (χ0n) is 11.3. The average Bonchev–Trinajstić information content (AvgIpc) is 2.99. The number of benzene rings is 2. The van der Waals surface area contributed by atoms with E-state index in [9.17, 15) is 4.79 Å². The standard InChI is InChI=1S/C17H19NO/c1-18(17(19)14-7-3-4-8-14)16-11-10-13-6-2-5-9-15(13)12-16/h2,5-6,9-12,14H,3-4,7-8H2,1H3. The van der Waals surface area contributed by atoms with Crippen molar-refractivity contribution in [3.8, 4) is 0 Å². The molecule has 2 aromatic rings. The van der Waals surface area contributed by atoms with Crippen LogP contribution in [-0.2, 0) is 4.79 Å². The highest BCUT2D eigenvalue weighted by atomic mass is 16.2. The molecule has 0 aliphatic heterocycles. The summed E-state index contributed by atoms with van der Waals surface area (Å²) in [6, 6.07) is 14.5. The van der Waals surface area contributed by atoms with E-state index in [0.717, 1.165) is 18.5 Å². The summed E-state index contributed by atoms with van der Waals surface area (Å²) >= 11 is 0. The summed E-state index contributed by atoms with van der Waals surface area (Å²) in [5.41, 5.74) is 0.996. The Morgan fingerprint density at radius 2 is 1.74 bits per heavy atom. The summed E-state index contributed by atoms with van der Waals surface area (Å²) < 4.78 is 0. The molecule has 3 rings (SSSR count). The Morgan fingerprint density at radius 3 is 2.47 bits per heavy atom. The van der Waals surface area contributed by atoms with Gasteiger partial charge in [0.1, 0.15) is 0 Å². The van der Waals surface area contributed by atoms with Crippen LogP contribution < -0.4 is 4.90 Å². The SMILES string of the molecule is CN(C(=O)C1CCCC1)c1ccc2ccccc2c1. The highest BCUT2D eigenvalue weighted by Gasteiger charge is 2.26. The smallest absolute Gasteiger partial charge is 0.229 e. The molecular weight excluding hydrogens is 234 g/mol. The molecular formula is C17H19NO. The average molecular weight is 253 g/mol. The molecule has 1 aliphatic carbocycles. The van der Waals surface area contributed by atoms with E-state index in [0.29, 0.717) is 0 Å². The van der Waals surface area contributed by atoms with Gasteiger partial charge in [0.2, 0.25) is 5.91 Å². The number of hydrogen-bond acceptors (Lipinski definition) is 1. The third-order valence-electron chi connectivity index (χ3n) is 4.16. The van der Waals surface area contributed by atoms with Gasteiger partial charge in [0.25, 0.3) is 0 Å². The fourth-order valence-corrected chi connectivity index (χ4v) is 2.96. The molecule has 0 saturated heterocycles. The van der Waals surface area contributed by atoms with E-state index >= 15 is 0 Å². The number of anilines is 1. The van der Waals surface area contributed by atoms with Gasteiger partial charge in [-0.1, -0.05) is 43.2 Å². The Bertz CT molecular complexity index is 599. The van der Waals surface area contributed by atoms with Gasteiger partial charge in [-0.25, -0.2) is 0 Å². The van der Waals surface area contributed by atoms with Crippen LogP contribution in [-0.4, -0.2) is 13.0 Å². The van der Waals surface area contributed by atoms with Gasteiger partial charge in [-0.05, 0) is 35.7 Å². The second-order valence-electron chi connectivity index (χ2n) is 5.41. The van der Waals surface area contributed by atoms with Crippen LogP contribution in [0.15, 0.2) is 42.5 Å². The summed E-state index contributed by atoms with van der Waals surface area (Å²) in [5.74, 6) is 0.504. The van der Waals surface area contributed by atoms with E-state index in [-0.39, 0.29) is 11.8 Å². The summed E-state index contributed by atoms with van der Waals surface area (Å²) in [7, 11) is 1.89. The molecule has 0 aromatic heterocycles. The highest BCUT2D eigenvalue weighted by Crippen LogP contribution is 2.29. The second-order valence-corrected chi connectivity index (χ2v) is 5.41. The van der Waals surface area contributed by atoms with Crippen LogP contribution in [0, 0.1) is 5.92 Å². The molecule has 1 aliphatic rings. The van der Waals surface area contributed by atoms with Crippen molar-refractivity contribution >= 4 is 22.4 Å². The fraction of sp³-hybridized carbons (Fsp3) is 0.353. The van der Waals surface area contributed by atoms with Gasteiger partial charge in [0, 0.05) is 18.7 Å². The summed E-state index contributed by atoms with van der Waals surface area (Å²) in [4.78, 5) is 14.2. The predicted molar refractivity (Wildman–Crippen MR) is 79.3 cm³/mol. The molecule has 0 radical (unpaired) electrons. The fourth-order valence-electron chi connectivity index (χ4n) is 2.96. The topological polar surface area (TPSA) is 20.3 Å². The van der Waals surface area contributed by atoms with Crippen molar-refractivity contribution < 1.29 is 4.79 Å². The van der Waals surface area contributed by atoms with Gasteiger partial charge in [0.15, 0.2) is 0 Å². The minimum Gasteiger partial charge on any atom is -0.315 e. The molecule has 98 valence electrons. The van der Waals surface area contributed by atoms with Crippen molar-refractivity contribution in [1.82, 2.24) is 0 Å². The molecule has 0 atom stereocenters. The Kier molecular flexibility index (Phi) is 3.24. The molecule has 1 saturated carbocycles. The molecule has 0 bridgehead atoms. The van der Waals surface area contributed by atoms with Gasteiger partial charge >= 0.3 is 0 Å². The molecule has 0 N–H and O–H groups in total. The maximum absolute atomic E-state index is 12.4. The monoisotopic (exact) mass is 253 g/mol. The summed E-state index contributed by atoms with van der Waals surface area (Å²) in [6.45, 7) is 0. The van der Waals surface area contributed by atoms with E-state index in [1.807, 2.05) is 30.1 Å². The van der Waals surface area contributed by atoms with Crippen LogP contribution in [0.2, 0.25) is 0 Å². The molecule has 2 nitrogen and oxygen atoms in total. The first-order chi connectivity index (χ1) is 9.25. The Hall–Kier alpha value is -1.83. The minimum absolute atomic E-state index is 0.233. The van der Waals surface area contributed by atoms with E-state index in [4.69, 9.17) is 0 Å². The predicted octanol–water partition coefficient (Wildman–Crippen LogP) is 3.99. The van der Waals surface area contributed by atoms with Gasteiger partial charge in [0.05, 0.1) is 0 Å². The lowest BCUT2D eigenvalue weighted by Crippen LogP contribution is -2.31. The van der Waals surface area contributed by atoms with Gasteiger partial charge in [-0.2, -0.15) is 0 Å². The molecule has 2 heteroatoms. The third kappa shape index (κ3) is 2.35. The number of nitrogens with zero attached hydrogens (tertiary/aromatic N) is 1. The number of hydrogen-bond donors (Lipinski definition) is 0. The first-order valence-electron chi connectivity index (χ1n) is 7.02. The first-order valence-corrected chi connectivity index (χ1v) is 7.02. The zero-order valence-corrected chi connectivity index (χ0v) is 11.3. The van der Waals surface area contributed by atoms with E-state index in [2.05, 4.69) is 24.3 Å². The Morgan fingerprint density at radius 1 is 1.05 bits per heavy atom. The molecule has 0 heterocycles. The number of carbonyl (C=O) groups is 1. The van der Waals surface area contributed by atoms with Crippen molar-refractivity contribution in [2.24, 2.45) is 5.92 Å². The van der Waals surface area contributed by atoms with Crippen LogP contribution in [0.3, 0.4) is 0 Å². The number of amides is 1. The van der Waals surface area contributed by atoms with Gasteiger partial charge in [-0.15, -0.1) is 0 Å². The van der Waals surface area contributed by atoms with Crippen LogP contribution in [0.5, 0.6) is 0 Å². The van der Waals surface area contributed by atoms with E-state index < -0.39 is 0 Å². The number of fused-ring (bicyclic) bond motifs is 1. The molecule has 0 spiro atoms. The second kappa shape index (κ2) is 5.04. The maximum atomic E-state index is 12.4. The zero-order chi connectivity index (χ0) is 13.2. The normalized spacial score (nSPS) is 15.8. The summed E-state index contributed by atoms with van der Waals surface area (Å²) in [5, 5.41) is 2.40. The van der Waals surface area contributed by atoms with Crippen molar-refractivity contribution in [1.29, 1.82) is 0 Å². The summed E-state index contributed by atoms with van der Waals surface area (Å²) in [6.07, 6.45) is 4.50. The lowest BCUT2D eigenvalue weighted by molar-refractivity contribution is -0.121. The van der Waals surface area contributed by atoms with Crippen molar-refractivity contribution in [2.45, 2.75) is 25.7 Å². The minimum atomic E-state index is 0.233. The molecule has 19 heavy (non-hydrogen) atoms. The lowest BCUT2D eigenvalue weighted by Gasteiger charge is -2.21. The van der Waals surface area contributed by atoms with Crippen LogP contribution in [0.4, 0.5) is 5.69 Å². The largest absolute Gasteiger partial charge is 0.315 e. The maximum Gasteiger partial charge on any atom is 0.229 e. The van der Waals surface area contributed by atoms with E-state index in [1.165, 1.54) is 23.6 Å². The number of carbonyl (C=O) groups excluding carboxylic acids is 1. The number of rotatable bonds is 2. The first kappa shape index (κ1) is 12.2.